The highest BCUT2D eigenvalue weighted by Crippen LogP contribution is 2.26. The first-order valence-corrected chi connectivity index (χ1v) is 13.5. The lowest BCUT2D eigenvalue weighted by atomic mass is 9.93. The van der Waals surface area contributed by atoms with Gasteiger partial charge in [-0.15, -0.1) is 0 Å². The molecular formula is C31H35N7O4. The predicted octanol–water partition coefficient (Wildman–Crippen LogP) is 4.36. The Bertz CT molecular complexity index is 1700. The summed E-state index contributed by atoms with van der Waals surface area (Å²) in [6, 6.07) is 18.4. The zero-order chi connectivity index (χ0) is 30.5. The van der Waals surface area contributed by atoms with Gasteiger partial charge < -0.3 is 20.5 Å². The van der Waals surface area contributed by atoms with Gasteiger partial charge in [0.25, 0.3) is 5.91 Å². The molecule has 2 heterocycles. The molecule has 3 N–H and O–H groups in total. The van der Waals surface area contributed by atoms with Crippen molar-refractivity contribution in [1.82, 2.24) is 24.4 Å². The second-order valence-corrected chi connectivity index (χ2v) is 11.1. The summed E-state index contributed by atoms with van der Waals surface area (Å²) in [5.74, 6) is 0.949. The summed E-state index contributed by atoms with van der Waals surface area (Å²) < 4.78 is 14.5. The van der Waals surface area contributed by atoms with Crippen molar-refractivity contribution in [3.05, 3.63) is 83.1 Å². The molecule has 0 fully saturated rings. The number of nitrogens with zero attached hydrogens (tertiary/aromatic N) is 5. The van der Waals surface area contributed by atoms with E-state index in [1.807, 2.05) is 57.2 Å². The lowest BCUT2D eigenvalue weighted by molar-refractivity contribution is -0.117. The van der Waals surface area contributed by atoms with Gasteiger partial charge in [0.1, 0.15) is 35.0 Å². The fourth-order valence-corrected chi connectivity index (χ4v) is 4.58. The average Bonchev–Trinajstić information content (AvgIpc) is 3.23. The van der Waals surface area contributed by atoms with E-state index in [0.717, 1.165) is 0 Å². The highest BCUT2D eigenvalue weighted by molar-refractivity contribution is 5.97. The predicted molar refractivity (Wildman–Crippen MR) is 160 cm³/mol. The minimum Gasteiger partial charge on any atom is -0.457 e. The number of nitrogens with two attached hydrogens (primary N) is 1. The fraction of sp³-hybridized carbons (Fsp3) is 0.323. The van der Waals surface area contributed by atoms with Gasteiger partial charge in [-0.3, -0.25) is 13.9 Å². The van der Waals surface area contributed by atoms with Crippen LogP contribution in [0.25, 0.3) is 16.9 Å². The number of para-hydroxylation sites is 1. The van der Waals surface area contributed by atoms with Gasteiger partial charge in [0.2, 0.25) is 0 Å². The molecule has 4 rings (SSSR count). The number of benzene rings is 2. The number of anilines is 1. The van der Waals surface area contributed by atoms with Gasteiger partial charge in [0.05, 0.1) is 11.3 Å². The maximum atomic E-state index is 13.8. The number of hydrogen-bond acceptors (Lipinski definition) is 8. The van der Waals surface area contributed by atoms with E-state index in [-0.39, 0.29) is 30.2 Å². The molecular weight excluding hydrogens is 534 g/mol. The molecule has 0 aliphatic heterocycles. The van der Waals surface area contributed by atoms with Gasteiger partial charge in [-0.2, -0.15) is 5.26 Å². The molecule has 11 heteroatoms. The van der Waals surface area contributed by atoms with E-state index in [0.29, 0.717) is 35.0 Å². The lowest BCUT2D eigenvalue weighted by Gasteiger charge is -2.25. The van der Waals surface area contributed by atoms with Gasteiger partial charge in [-0.1, -0.05) is 32.0 Å². The van der Waals surface area contributed by atoms with Crippen LogP contribution in [0.2, 0.25) is 0 Å². The number of carbonyl (C=O) groups is 1. The van der Waals surface area contributed by atoms with E-state index in [4.69, 9.17) is 15.2 Å². The van der Waals surface area contributed by atoms with Gasteiger partial charge in [0, 0.05) is 25.1 Å². The van der Waals surface area contributed by atoms with Crippen molar-refractivity contribution < 1.29 is 14.3 Å². The van der Waals surface area contributed by atoms with Crippen LogP contribution in [-0.4, -0.2) is 43.8 Å². The van der Waals surface area contributed by atoms with Gasteiger partial charge >= 0.3 is 5.69 Å². The molecule has 0 unspecified atom stereocenters. The van der Waals surface area contributed by atoms with Crippen molar-refractivity contribution in [2.45, 2.75) is 46.8 Å². The van der Waals surface area contributed by atoms with Gasteiger partial charge in [-0.05, 0) is 63.2 Å². The summed E-state index contributed by atoms with van der Waals surface area (Å²) in [5, 5.41) is 12.4. The summed E-state index contributed by atoms with van der Waals surface area (Å²) in [6.07, 6.45) is 2.82. The van der Waals surface area contributed by atoms with Crippen LogP contribution in [0.4, 0.5) is 5.82 Å². The number of carbonyl (C=O) groups excluding carboxylic acids is 1. The molecule has 0 aliphatic rings. The van der Waals surface area contributed by atoms with Gasteiger partial charge in [-0.25, -0.2) is 14.8 Å². The lowest BCUT2D eigenvalue weighted by Crippen LogP contribution is -2.39. The molecule has 42 heavy (non-hydrogen) atoms. The molecule has 0 radical (unpaired) electrons. The average molecular weight is 570 g/mol. The van der Waals surface area contributed by atoms with Crippen LogP contribution >= 0.6 is 0 Å². The van der Waals surface area contributed by atoms with Crippen LogP contribution in [0.5, 0.6) is 11.5 Å². The molecule has 0 bridgehead atoms. The normalized spacial score (nSPS) is 12.2. The maximum Gasteiger partial charge on any atom is 0.335 e. The fourth-order valence-electron chi connectivity index (χ4n) is 4.58. The Morgan fingerprint density at radius 2 is 1.74 bits per heavy atom. The van der Waals surface area contributed by atoms with Crippen LogP contribution in [0.15, 0.2) is 77.4 Å². The minimum absolute atomic E-state index is 0.0433. The SMILES string of the molecule is CCOC(C)(C)/C=C(\C#N)C(=O)NCC(C)(C)Cn1c(=O)n(-c2ccc(Oc3ccccc3)cc2)c2c(N)ncnc21. The second kappa shape index (κ2) is 12.3. The molecule has 2 aromatic heterocycles. The Hall–Kier alpha value is -4.95. The third kappa shape index (κ3) is 6.85. The number of hydrogen-bond donors (Lipinski definition) is 2. The quantitative estimate of drug-likeness (QED) is 0.200. The van der Waals surface area contributed by atoms with Crippen molar-refractivity contribution in [2.75, 3.05) is 18.9 Å². The first kappa shape index (κ1) is 30.0. The molecule has 1 amide bonds. The Morgan fingerprint density at radius 3 is 2.38 bits per heavy atom. The molecule has 11 nitrogen and oxygen atoms in total. The van der Waals surface area contributed by atoms with E-state index in [1.165, 1.54) is 21.5 Å². The molecule has 0 saturated heterocycles. The van der Waals surface area contributed by atoms with E-state index in [1.54, 1.807) is 38.1 Å². The van der Waals surface area contributed by atoms with Crippen molar-refractivity contribution in [2.24, 2.45) is 5.41 Å². The molecule has 0 atom stereocenters. The van der Waals surface area contributed by atoms with Crippen LogP contribution < -0.4 is 21.5 Å². The first-order valence-electron chi connectivity index (χ1n) is 13.5. The first-order chi connectivity index (χ1) is 19.9. The summed E-state index contributed by atoms with van der Waals surface area (Å²) in [4.78, 5) is 35.1. The smallest absolute Gasteiger partial charge is 0.335 e. The van der Waals surface area contributed by atoms with E-state index in [2.05, 4.69) is 15.3 Å². The number of aromatic nitrogens is 4. The Labute approximate surface area is 244 Å². The number of nitriles is 1. The van der Waals surface area contributed by atoms with Crippen molar-refractivity contribution in [3.8, 4) is 23.3 Å². The molecule has 4 aromatic rings. The zero-order valence-electron chi connectivity index (χ0n) is 24.4. The number of nitrogen functional groups attached to an aromatic ring is 1. The second-order valence-electron chi connectivity index (χ2n) is 11.1. The number of rotatable bonds is 11. The zero-order valence-corrected chi connectivity index (χ0v) is 24.4. The number of nitrogens with one attached hydrogen (secondary N) is 1. The van der Waals surface area contributed by atoms with Crippen molar-refractivity contribution >= 4 is 22.9 Å². The summed E-state index contributed by atoms with van der Waals surface area (Å²) in [6.45, 7) is 10.1. The molecule has 0 saturated carbocycles. The van der Waals surface area contributed by atoms with Crippen LogP contribution in [-0.2, 0) is 16.1 Å². The molecule has 218 valence electrons. The highest BCUT2D eigenvalue weighted by atomic mass is 16.5. The van der Waals surface area contributed by atoms with Crippen LogP contribution in [0, 0.1) is 16.7 Å². The van der Waals surface area contributed by atoms with Crippen molar-refractivity contribution in [1.29, 1.82) is 5.26 Å². The maximum absolute atomic E-state index is 13.8. The third-order valence-corrected chi connectivity index (χ3v) is 6.49. The monoisotopic (exact) mass is 569 g/mol. The molecule has 0 spiro atoms. The molecule has 0 aliphatic carbocycles. The topological polar surface area (TPSA) is 150 Å². The van der Waals surface area contributed by atoms with E-state index >= 15 is 0 Å². The summed E-state index contributed by atoms with van der Waals surface area (Å²) >= 11 is 0. The van der Waals surface area contributed by atoms with Crippen molar-refractivity contribution in [3.63, 3.8) is 0 Å². The number of ether oxygens (including phenoxy) is 2. The van der Waals surface area contributed by atoms with Crippen LogP contribution in [0.1, 0.15) is 34.6 Å². The molecule has 2 aromatic carbocycles. The largest absolute Gasteiger partial charge is 0.457 e. The van der Waals surface area contributed by atoms with E-state index < -0.39 is 16.9 Å². The number of amides is 1. The van der Waals surface area contributed by atoms with Crippen LogP contribution in [0.3, 0.4) is 0 Å². The Balaban J connectivity index is 1.60. The highest BCUT2D eigenvalue weighted by Gasteiger charge is 2.27. The van der Waals surface area contributed by atoms with E-state index in [9.17, 15) is 14.9 Å². The minimum atomic E-state index is -0.771. The number of fused-ring (bicyclic) bond motifs is 1. The third-order valence-electron chi connectivity index (χ3n) is 6.49. The number of imidazole rings is 1. The standard InChI is InChI=1S/C31H35N7O4/c1-6-41-31(4,5)16-21(17-32)28(39)34-18-30(2,3)19-37-27-25(26(33)35-20-36-27)38(29(37)40)22-12-14-24(15-13-22)42-23-10-8-7-9-11-23/h7-16,20H,6,18-19H2,1-5H3,(H,34,39)(H2,33,35,36)/b21-16+. The summed E-state index contributed by atoms with van der Waals surface area (Å²) in [7, 11) is 0. The van der Waals surface area contributed by atoms with Gasteiger partial charge in [0.15, 0.2) is 11.5 Å². The Kier molecular flexibility index (Phi) is 8.78. The summed E-state index contributed by atoms with van der Waals surface area (Å²) in [5.41, 5.74) is 5.77. The Morgan fingerprint density at radius 1 is 1.07 bits per heavy atom.